The molecule has 0 bridgehead atoms. The molecule has 2 heterocycles. The lowest BCUT2D eigenvalue weighted by atomic mass is 10.1. The van der Waals surface area contributed by atoms with Crippen LogP contribution in [0.4, 0.5) is 5.82 Å². The molecule has 7 heteroatoms. The number of anilines is 1. The van der Waals surface area contributed by atoms with Gasteiger partial charge in [-0.25, -0.2) is 0 Å². The minimum atomic E-state index is 0.563. The van der Waals surface area contributed by atoms with Gasteiger partial charge in [-0.15, -0.1) is 26.4 Å². The zero-order valence-corrected chi connectivity index (χ0v) is 10.4. The quantitative estimate of drug-likeness (QED) is 0.626. The molecule has 0 fully saturated rings. The zero-order chi connectivity index (χ0) is 12.1. The first-order valence-corrected chi connectivity index (χ1v) is 6.18. The Bertz CT molecular complexity index is 471. The number of aromatic nitrogens is 5. The molecule has 1 unspecified atom stereocenters. The van der Waals surface area contributed by atoms with Crippen molar-refractivity contribution in [2.45, 2.75) is 19.8 Å². The van der Waals surface area contributed by atoms with Crippen LogP contribution in [0.25, 0.3) is 5.65 Å². The Morgan fingerprint density at radius 1 is 1.47 bits per heavy atom. The molecule has 0 radical (unpaired) electrons. The second-order valence-electron chi connectivity index (χ2n) is 4.07. The average molecular weight is 255 g/mol. The van der Waals surface area contributed by atoms with Crippen LogP contribution in [0.2, 0.25) is 0 Å². The summed E-state index contributed by atoms with van der Waals surface area (Å²) in [5, 5.41) is 18.5. The van der Waals surface area contributed by atoms with Gasteiger partial charge in [0, 0.05) is 12.4 Å². The van der Waals surface area contributed by atoms with E-state index in [1.54, 1.807) is 0 Å². The first kappa shape index (κ1) is 12.0. The lowest BCUT2D eigenvalue weighted by Crippen LogP contribution is -2.08. The highest BCUT2D eigenvalue weighted by molar-refractivity contribution is 6.18. The number of rotatable bonds is 6. The van der Waals surface area contributed by atoms with Gasteiger partial charge in [0.1, 0.15) is 5.82 Å². The molecule has 17 heavy (non-hydrogen) atoms. The van der Waals surface area contributed by atoms with Crippen molar-refractivity contribution in [3.05, 3.63) is 12.1 Å². The van der Waals surface area contributed by atoms with Gasteiger partial charge < -0.3 is 5.32 Å². The third kappa shape index (κ3) is 3.26. The summed E-state index contributed by atoms with van der Waals surface area (Å²) in [6.07, 6.45) is 2.19. The van der Waals surface area contributed by atoms with E-state index in [1.165, 1.54) is 4.63 Å². The summed E-state index contributed by atoms with van der Waals surface area (Å²) < 4.78 is 1.41. The van der Waals surface area contributed by atoms with Crippen LogP contribution in [-0.4, -0.2) is 37.7 Å². The van der Waals surface area contributed by atoms with E-state index in [0.29, 0.717) is 11.6 Å². The van der Waals surface area contributed by atoms with E-state index < -0.39 is 0 Å². The van der Waals surface area contributed by atoms with Crippen LogP contribution in [-0.2, 0) is 0 Å². The van der Waals surface area contributed by atoms with Crippen LogP contribution >= 0.6 is 11.6 Å². The van der Waals surface area contributed by atoms with Crippen molar-refractivity contribution >= 4 is 23.1 Å². The van der Waals surface area contributed by atoms with Crippen LogP contribution in [0, 0.1) is 5.92 Å². The number of nitrogens with one attached hydrogen (secondary N) is 1. The molecular formula is C10H15ClN6. The number of hydrogen-bond acceptors (Lipinski definition) is 5. The highest BCUT2D eigenvalue weighted by atomic mass is 35.5. The lowest BCUT2D eigenvalue weighted by molar-refractivity contribution is 0.572. The van der Waals surface area contributed by atoms with Gasteiger partial charge in [-0.3, -0.25) is 0 Å². The Labute approximate surface area is 104 Å². The molecule has 92 valence electrons. The van der Waals surface area contributed by atoms with Gasteiger partial charge in [-0.1, -0.05) is 6.92 Å². The second kappa shape index (κ2) is 5.77. The Balaban J connectivity index is 1.82. The molecule has 0 amide bonds. The molecule has 1 atom stereocenters. The molecular weight excluding hydrogens is 240 g/mol. The van der Waals surface area contributed by atoms with Gasteiger partial charge in [0.05, 0.1) is 0 Å². The standard InChI is InChI=1S/C10H15ClN6/c1-8(7-11)3-2-6-12-9-4-5-10-13-15-16-17(10)14-9/h4-5,8H,2-3,6-7H2,1H3,(H,12,14). The summed E-state index contributed by atoms with van der Waals surface area (Å²) in [7, 11) is 0. The van der Waals surface area contributed by atoms with Crippen LogP contribution in [0.1, 0.15) is 19.8 Å². The Morgan fingerprint density at radius 3 is 3.18 bits per heavy atom. The van der Waals surface area contributed by atoms with E-state index in [0.717, 1.165) is 31.1 Å². The van der Waals surface area contributed by atoms with Crippen LogP contribution in [0.5, 0.6) is 0 Å². The SMILES string of the molecule is CC(CCl)CCCNc1ccc2nnnn2n1. The molecule has 1 N–H and O–H groups in total. The first-order chi connectivity index (χ1) is 8.29. The fourth-order valence-corrected chi connectivity index (χ4v) is 1.64. The molecule has 0 spiro atoms. The number of hydrogen-bond donors (Lipinski definition) is 1. The number of tetrazole rings is 1. The van der Waals surface area contributed by atoms with E-state index in [1.807, 2.05) is 12.1 Å². The molecule has 2 rings (SSSR count). The maximum Gasteiger partial charge on any atom is 0.200 e. The van der Waals surface area contributed by atoms with E-state index in [2.05, 4.69) is 32.9 Å². The van der Waals surface area contributed by atoms with Crippen LogP contribution < -0.4 is 5.32 Å². The van der Waals surface area contributed by atoms with Crippen molar-refractivity contribution in [2.24, 2.45) is 5.92 Å². The van der Waals surface area contributed by atoms with Gasteiger partial charge in [-0.05, 0) is 41.3 Å². The number of alkyl halides is 1. The zero-order valence-electron chi connectivity index (χ0n) is 9.67. The van der Waals surface area contributed by atoms with Crippen molar-refractivity contribution < 1.29 is 0 Å². The topological polar surface area (TPSA) is 68.0 Å². The molecule has 0 aromatic carbocycles. The van der Waals surface area contributed by atoms with Gasteiger partial charge >= 0.3 is 0 Å². The van der Waals surface area contributed by atoms with Crippen LogP contribution in [0.3, 0.4) is 0 Å². The van der Waals surface area contributed by atoms with Gasteiger partial charge in [0.15, 0.2) is 5.65 Å². The van der Waals surface area contributed by atoms with Gasteiger partial charge in [-0.2, -0.15) is 0 Å². The highest BCUT2D eigenvalue weighted by Gasteiger charge is 2.01. The molecule has 6 nitrogen and oxygen atoms in total. The molecule has 0 aliphatic rings. The largest absolute Gasteiger partial charge is 0.369 e. The van der Waals surface area contributed by atoms with Crippen molar-refractivity contribution in [1.82, 2.24) is 25.3 Å². The normalized spacial score (nSPS) is 12.8. The lowest BCUT2D eigenvalue weighted by Gasteiger charge is -2.08. The van der Waals surface area contributed by atoms with E-state index >= 15 is 0 Å². The third-order valence-electron chi connectivity index (χ3n) is 2.51. The Morgan fingerprint density at radius 2 is 2.35 bits per heavy atom. The van der Waals surface area contributed by atoms with Crippen molar-refractivity contribution in [3.63, 3.8) is 0 Å². The number of halogens is 1. The predicted octanol–water partition coefficient (Wildman–Crippen LogP) is 1.59. The molecule has 0 saturated carbocycles. The second-order valence-corrected chi connectivity index (χ2v) is 4.38. The highest BCUT2D eigenvalue weighted by Crippen LogP contribution is 2.08. The maximum atomic E-state index is 5.74. The predicted molar refractivity (Wildman–Crippen MR) is 66.2 cm³/mol. The smallest absolute Gasteiger partial charge is 0.200 e. The van der Waals surface area contributed by atoms with Crippen LogP contribution in [0.15, 0.2) is 12.1 Å². The minimum Gasteiger partial charge on any atom is -0.369 e. The molecule has 2 aromatic rings. The fraction of sp³-hybridized carbons (Fsp3) is 0.600. The molecule has 2 aromatic heterocycles. The molecule has 0 aliphatic heterocycles. The van der Waals surface area contributed by atoms with E-state index in [4.69, 9.17) is 11.6 Å². The summed E-state index contributed by atoms with van der Waals surface area (Å²) >= 11 is 5.74. The Kier molecular flexibility index (Phi) is 4.08. The molecule has 0 saturated heterocycles. The first-order valence-electron chi connectivity index (χ1n) is 5.65. The minimum absolute atomic E-state index is 0.563. The van der Waals surface area contributed by atoms with Crippen molar-refractivity contribution in [3.8, 4) is 0 Å². The number of nitrogens with zero attached hydrogens (tertiary/aromatic N) is 5. The molecule has 0 aliphatic carbocycles. The fourth-order valence-electron chi connectivity index (χ4n) is 1.49. The Hall–Kier alpha value is -1.43. The average Bonchev–Trinajstić information content (AvgIpc) is 2.81. The van der Waals surface area contributed by atoms with Gasteiger partial charge in [0.25, 0.3) is 0 Å². The summed E-state index contributed by atoms with van der Waals surface area (Å²) in [6.45, 7) is 3.03. The van der Waals surface area contributed by atoms with Crippen molar-refractivity contribution in [1.29, 1.82) is 0 Å². The third-order valence-corrected chi connectivity index (χ3v) is 3.04. The van der Waals surface area contributed by atoms with Gasteiger partial charge in [0.2, 0.25) is 0 Å². The monoisotopic (exact) mass is 254 g/mol. The van der Waals surface area contributed by atoms with Crippen molar-refractivity contribution in [2.75, 3.05) is 17.7 Å². The van der Waals surface area contributed by atoms with E-state index in [-0.39, 0.29) is 0 Å². The number of fused-ring (bicyclic) bond motifs is 1. The maximum absolute atomic E-state index is 5.74. The summed E-state index contributed by atoms with van der Waals surface area (Å²) in [5.41, 5.74) is 0.645. The summed E-state index contributed by atoms with van der Waals surface area (Å²) in [6, 6.07) is 3.70. The van der Waals surface area contributed by atoms with E-state index in [9.17, 15) is 0 Å². The summed E-state index contributed by atoms with van der Waals surface area (Å²) in [5.74, 6) is 2.06. The summed E-state index contributed by atoms with van der Waals surface area (Å²) in [4.78, 5) is 0.